The van der Waals surface area contributed by atoms with Crippen LogP contribution in [-0.4, -0.2) is 81.2 Å². The predicted molar refractivity (Wildman–Crippen MR) is 251 cm³/mol. The standard InChI is InChI=1S/C50H90NO9P/c1-6-8-10-12-14-15-16-17-18-19-20-21-22-23-24-25-30-34-38-42-50(54)60-48(46-59-61(55,56)58-44-43-51(3,4)5)45-57-49(53)41-37-33-29-27-26-28-32-36-40-47(52)39-35-31-13-11-9-7-2/h9,11,27-29,31-32,35-36,40,47-48,52H,6-8,10,12-26,30,33-34,37-39,41-46H2,1-5H3/b11-9-,29-27-,32-28-,35-31-,40-36+/t47?,48-/m1/s1. The lowest BCUT2D eigenvalue weighted by Crippen LogP contribution is -2.37. The molecule has 10 nitrogen and oxygen atoms in total. The molecule has 0 aromatic rings. The lowest BCUT2D eigenvalue weighted by atomic mass is 10.0. The monoisotopic (exact) mass is 880 g/mol. The number of aliphatic hydroxyl groups is 1. The summed E-state index contributed by atoms with van der Waals surface area (Å²) in [5.41, 5.74) is 0. The molecule has 354 valence electrons. The summed E-state index contributed by atoms with van der Waals surface area (Å²) in [5.74, 6) is -0.939. The number of esters is 2. The van der Waals surface area contributed by atoms with Crippen molar-refractivity contribution < 1.29 is 47.2 Å². The van der Waals surface area contributed by atoms with Gasteiger partial charge >= 0.3 is 11.9 Å². The minimum atomic E-state index is -4.66. The van der Waals surface area contributed by atoms with Gasteiger partial charge in [-0.2, -0.15) is 0 Å². The number of ether oxygens (including phenoxy) is 2. The molecule has 0 rings (SSSR count). The summed E-state index contributed by atoms with van der Waals surface area (Å²) >= 11 is 0. The van der Waals surface area contributed by atoms with Crippen molar-refractivity contribution in [1.82, 2.24) is 0 Å². The molecule has 0 aromatic heterocycles. The lowest BCUT2D eigenvalue weighted by molar-refractivity contribution is -0.870. The zero-order valence-electron chi connectivity index (χ0n) is 39.5. The molecule has 0 aliphatic heterocycles. The maximum absolute atomic E-state index is 12.7. The van der Waals surface area contributed by atoms with Crippen LogP contribution in [0, 0.1) is 0 Å². The van der Waals surface area contributed by atoms with Crippen LogP contribution < -0.4 is 4.89 Å². The topological polar surface area (TPSA) is 131 Å². The Hall–Kier alpha value is -2.33. The van der Waals surface area contributed by atoms with E-state index in [0.29, 0.717) is 36.7 Å². The number of phosphoric acid groups is 1. The van der Waals surface area contributed by atoms with Crippen LogP contribution in [-0.2, 0) is 32.7 Å². The van der Waals surface area contributed by atoms with Crippen LogP contribution in [0.25, 0.3) is 0 Å². The summed E-state index contributed by atoms with van der Waals surface area (Å²) in [4.78, 5) is 37.6. The van der Waals surface area contributed by atoms with Crippen LogP contribution in [0.2, 0.25) is 0 Å². The van der Waals surface area contributed by atoms with Crippen molar-refractivity contribution in [2.24, 2.45) is 0 Å². The van der Waals surface area contributed by atoms with Crippen molar-refractivity contribution in [2.75, 3.05) is 47.5 Å². The smallest absolute Gasteiger partial charge is 0.306 e. The van der Waals surface area contributed by atoms with Gasteiger partial charge in [0.05, 0.1) is 33.9 Å². The van der Waals surface area contributed by atoms with Crippen LogP contribution in [0.3, 0.4) is 0 Å². The van der Waals surface area contributed by atoms with Gasteiger partial charge in [0.15, 0.2) is 6.10 Å². The predicted octanol–water partition coefficient (Wildman–Crippen LogP) is 12.4. The largest absolute Gasteiger partial charge is 0.756 e. The number of likely N-dealkylation sites (N-methyl/N-ethyl adjacent to an activating group) is 1. The molecule has 0 spiro atoms. The second-order valence-corrected chi connectivity index (χ2v) is 18.7. The number of carbonyl (C=O) groups excluding carboxylic acids is 2. The summed E-state index contributed by atoms with van der Waals surface area (Å²) < 4.78 is 33.9. The molecule has 0 aromatic carbocycles. The fourth-order valence-corrected chi connectivity index (χ4v) is 7.09. The minimum Gasteiger partial charge on any atom is -0.756 e. The number of nitrogens with zero attached hydrogens (tertiary/aromatic N) is 1. The Balaban J connectivity index is 4.42. The highest BCUT2D eigenvalue weighted by Crippen LogP contribution is 2.38. The second-order valence-electron chi connectivity index (χ2n) is 17.3. The Kier molecular flexibility index (Phi) is 40.1. The SMILES string of the molecule is CC/C=C\C/C=C\CC(O)/C=C/C=C\C/C=C\CCCC(=O)OC[C@H](COP(=O)([O-])OCC[N+](C)(C)C)OC(=O)CCCCCCCCCCCCCCCCCCCCC. The summed E-state index contributed by atoms with van der Waals surface area (Å²) in [6, 6.07) is 0. The maximum Gasteiger partial charge on any atom is 0.306 e. The normalized spacial score (nSPS) is 14.5. The van der Waals surface area contributed by atoms with Gasteiger partial charge in [0.1, 0.15) is 19.8 Å². The zero-order valence-corrected chi connectivity index (χ0v) is 40.4. The van der Waals surface area contributed by atoms with Crippen LogP contribution >= 0.6 is 7.82 Å². The van der Waals surface area contributed by atoms with Crippen LogP contribution in [0.4, 0.5) is 0 Å². The molecule has 0 fully saturated rings. The Bertz CT molecular complexity index is 1240. The number of allylic oxidation sites excluding steroid dienone is 8. The summed E-state index contributed by atoms with van der Waals surface area (Å²) in [7, 11) is 1.10. The molecular formula is C50H90NO9P. The summed E-state index contributed by atoms with van der Waals surface area (Å²) in [6.07, 6.45) is 47.1. The highest BCUT2D eigenvalue weighted by atomic mass is 31.2. The number of carbonyl (C=O) groups is 2. The van der Waals surface area contributed by atoms with E-state index in [2.05, 4.69) is 32.1 Å². The van der Waals surface area contributed by atoms with Gasteiger partial charge in [0, 0.05) is 12.8 Å². The number of quaternary nitrogens is 1. The van der Waals surface area contributed by atoms with Gasteiger partial charge in [0.2, 0.25) is 0 Å². The molecule has 0 aliphatic carbocycles. The fraction of sp³-hybridized carbons (Fsp3) is 0.760. The third-order valence-electron chi connectivity index (χ3n) is 10.1. The van der Waals surface area contributed by atoms with Gasteiger partial charge in [-0.25, -0.2) is 0 Å². The number of aliphatic hydroxyl groups excluding tert-OH is 1. The third kappa shape index (κ3) is 45.5. The van der Waals surface area contributed by atoms with E-state index in [1.54, 1.807) is 6.08 Å². The molecule has 3 atom stereocenters. The Labute approximate surface area is 373 Å². The van der Waals surface area contributed by atoms with E-state index < -0.39 is 38.6 Å². The van der Waals surface area contributed by atoms with Crippen LogP contribution in [0.1, 0.15) is 187 Å². The van der Waals surface area contributed by atoms with Crippen LogP contribution in [0.5, 0.6) is 0 Å². The Morgan fingerprint density at radius 2 is 1.15 bits per heavy atom. The van der Waals surface area contributed by atoms with E-state index in [9.17, 15) is 24.2 Å². The molecule has 0 heterocycles. The molecule has 61 heavy (non-hydrogen) atoms. The number of unbranched alkanes of at least 4 members (excludes halogenated alkanes) is 19. The third-order valence-corrected chi connectivity index (χ3v) is 11.1. The first-order valence-electron chi connectivity index (χ1n) is 24.1. The van der Waals surface area contributed by atoms with Crippen molar-refractivity contribution in [3.8, 4) is 0 Å². The molecule has 2 unspecified atom stereocenters. The average molecular weight is 880 g/mol. The maximum atomic E-state index is 12.7. The van der Waals surface area contributed by atoms with Gasteiger partial charge in [-0.3, -0.25) is 14.2 Å². The van der Waals surface area contributed by atoms with E-state index in [4.69, 9.17) is 18.5 Å². The number of hydrogen-bond acceptors (Lipinski definition) is 9. The minimum absolute atomic E-state index is 0.0507. The van der Waals surface area contributed by atoms with Crippen molar-refractivity contribution in [2.45, 2.75) is 199 Å². The average Bonchev–Trinajstić information content (AvgIpc) is 3.21. The second kappa shape index (κ2) is 41.7. The zero-order chi connectivity index (χ0) is 45.1. The van der Waals surface area contributed by atoms with Gasteiger partial charge in [-0.15, -0.1) is 0 Å². The molecular weight excluding hydrogens is 790 g/mol. The Morgan fingerprint density at radius 1 is 0.623 bits per heavy atom. The van der Waals surface area contributed by atoms with Gasteiger partial charge < -0.3 is 33.0 Å². The van der Waals surface area contributed by atoms with Crippen molar-refractivity contribution in [3.63, 3.8) is 0 Å². The molecule has 0 bridgehead atoms. The van der Waals surface area contributed by atoms with Crippen molar-refractivity contribution in [3.05, 3.63) is 60.8 Å². The van der Waals surface area contributed by atoms with E-state index in [1.165, 1.54) is 96.3 Å². The quantitative estimate of drug-likeness (QED) is 0.0159. The van der Waals surface area contributed by atoms with E-state index in [0.717, 1.165) is 38.5 Å². The molecule has 11 heteroatoms. The number of phosphoric ester groups is 1. The van der Waals surface area contributed by atoms with Crippen molar-refractivity contribution >= 4 is 19.8 Å². The van der Waals surface area contributed by atoms with Crippen LogP contribution in [0.15, 0.2) is 60.8 Å². The summed E-state index contributed by atoms with van der Waals surface area (Å²) in [5, 5.41) is 10.0. The first kappa shape index (κ1) is 58.7. The Morgan fingerprint density at radius 3 is 1.72 bits per heavy atom. The fourth-order valence-electron chi connectivity index (χ4n) is 6.36. The van der Waals surface area contributed by atoms with Gasteiger partial charge in [-0.05, 0) is 44.9 Å². The lowest BCUT2D eigenvalue weighted by Gasteiger charge is -2.28. The van der Waals surface area contributed by atoms with Gasteiger partial charge in [-0.1, -0.05) is 190 Å². The molecule has 0 amide bonds. The number of hydrogen-bond donors (Lipinski definition) is 1. The molecule has 0 saturated heterocycles. The molecule has 0 radical (unpaired) electrons. The van der Waals surface area contributed by atoms with Gasteiger partial charge in [0.25, 0.3) is 7.82 Å². The first-order valence-corrected chi connectivity index (χ1v) is 25.6. The number of rotatable bonds is 43. The molecule has 0 aliphatic rings. The first-order chi connectivity index (χ1) is 29.4. The summed E-state index contributed by atoms with van der Waals surface area (Å²) in [6.45, 7) is 3.97. The van der Waals surface area contributed by atoms with E-state index >= 15 is 0 Å². The highest BCUT2D eigenvalue weighted by molar-refractivity contribution is 7.45. The van der Waals surface area contributed by atoms with E-state index in [1.807, 2.05) is 57.6 Å². The van der Waals surface area contributed by atoms with Crippen molar-refractivity contribution in [1.29, 1.82) is 0 Å². The molecule has 0 saturated carbocycles. The van der Waals surface area contributed by atoms with E-state index in [-0.39, 0.29) is 26.1 Å². The highest BCUT2D eigenvalue weighted by Gasteiger charge is 2.21. The molecule has 1 N–H and O–H groups in total.